The fraction of sp³-hybridized carbons (Fsp3) is 0.333. The number of fused-ring (bicyclic) bond motifs is 1. The molecule has 0 bridgehead atoms. The summed E-state index contributed by atoms with van der Waals surface area (Å²) in [6.07, 6.45) is 2.62. The molecule has 1 aliphatic rings. The van der Waals surface area contributed by atoms with Crippen molar-refractivity contribution in [1.29, 1.82) is 0 Å². The zero-order valence-electron chi connectivity index (χ0n) is 23.9. The SMILES string of the molecule is COc1cccc(CN(CC(Cc2c[nH]c3ccccc23)NC(=O)CN2CCN(c3ccccc3)CC2)C(C)=O)c1. The van der Waals surface area contributed by atoms with Crippen molar-refractivity contribution in [2.75, 3.05) is 51.3 Å². The zero-order chi connectivity index (χ0) is 28.6. The van der Waals surface area contributed by atoms with Gasteiger partial charge in [-0.25, -0.2) is 0 Å². The molecule has 0 radical (unpaired) electrons. The quantitative estimate of drug-likeness (QED) is 0.293. The van der Waals surface area contributed by atoms with Gasteiger partial charge in [0.25, 0.3) is 0 Å². The number of para-hydroxylation sites is 2. The molecule has 5 rings (SSSR count). The van der Waals surface area contributed by atoms with Gasteiger partial charge in [0.15, 0.2) is 0 Å². The van der Waals surface area contributed by atoms with Crippen LogP contribution in [0.25, 0.3) is 10.9 Å². The number of hydrogen-bond acceptors (Lipinski definition) is 5. The van der Waals surface area contributed by atoms with Crippen molar-refractivity contribution in [1.82, 2.24) is 20.1 Å². The average molecular weight is 554 g/mol. The minimum Gasteiger partial charge on any atom is -0.497 e. The van der Waals surface area contributed by atoms with E-state index in [2.05, 4.69) is 50.4 Å². The lowest BCUT2D eigenvalue weighted by Gasteiger charge is -2.36. The molecule has 8 nitrogen and oxygen atoms in total. The van der Waals surface area contributed by atoms with E-state index in [1.807, 2.05) is 54.7 Å². The molecule has 8 heteroatoms. The second-order valence-corrected chi connectivity index (χ2v) is 10.7. The van der Waals surface area contributed by atoms with Crippen LogP contribution in [0.3, 0.4) is 0 Å². The van der Waals surface area contributed by atoms with Crippen molar-refractivity contribution in [2.24, 2.45) is 0 Å². The molecular weight excluding hydrogens is 514 g/mol. The van der Waals surface area contributed by atoms with Gasteiger partial charge < -0.3 is 24.8 Å². The van der Waals surface area contributed by atoms with Gasteiger partial charge in [-0.05, 0) is 47.9 Å². The Labute approximate surface area is 241 Å². The number of nitrogens with zero attached hydrogens (tertiary/aromatic N) is 3. The average Bonchev–Trinajstić information content (AvgIpc) is 3.40. The molecule has 1 fully saturated rings. The number of hydrogen-bond donors (Lipinski definition) is 2. The maximum absolute atomic E-state index is 13.4. The number of rotatable bonds is 11. The van der Waals surface area contributed by atoms with E-state index in [1.165, 1.54) is 5.69 Å². The Hall–Kier alpha value is -4.30. The van der Waals surface area contributed by atoms with E-state index >= 15 is 0 Å². The summed E-state index contributed by atoms with van der Waals surface area (Å²) in [6, 6.07) is 26.1. The van der Waals surface area contributed by atoms with Crippen LogP contribution >= 0.6 is 0 Å². The summed E-state index contributed by atoms with van der Waals surface area (Å²) < 4.78 is 5.37. The van der Waals surface area contributed by atoms with Crippen LogP contribution in [0.15, 0.2) is 85.1 Å². The van der Waals surface area contributed by atoms with Gasteiger partial charge >= 0.3 is 0 Å². The van der Waals surface area contributed by atoms with E-state index in [0.717, 1.165) is 54.0 Å². The number of carbonyl (C=O) groups is 2. The van der Waals surface area contributed by atoms with Gasteiger partial charge in [0.1, 0.15) is 5.75 Å². The largest absolute Gasteiger partial charge is 0.497 e. The summed E-state index contributed by atoms with van der Waals surface area (Å²) in [6.45, 7) is 6.17. The highest BCUT2D eigenvalue weighted by molar-refractivity contribution is 5.83. The number of piperazine rings is 1. The third kappa shape index (κ3) is 7.46. The third-order valence-corrected chi connectivity index (χ3v) is 7.76. The second kappa shape index (κ2) is 13.4. The first-order valence-electron chi connectivity index (χ1n) is 14.2. The topological polar surface area (TPSA) is 80.9 Å². The molecule has 2 heterocycles. The van der Waals surface area contributed by atoms with E-state index in [9.17, 15) is 9.59 Å². The summed E-state index contributed by atoms with van der Waals surface area (Å²) in [5.41, 5.74) is 4.37. The highest BCUT2D eigenvalue weighted by Crippen LogP contribution is 2.21. The minimum absolute atomic E-state index is 0.0205. The molecule has 1 aromatic heterocycles. The molecule has 2 N–H and O–H groups in total. The van der Waals surface area contributed by atoms with Crippen molar-refractivity contribution < 1.29 is 14.3 Å². The molecule has 1 unspecified atom stereocenters. The number of carbonyl (C=O) groups excluding carboxylic acids is 2. The highest BCUT2D eigenvalue weighted by Gasteiger charge is 2.24. The summed E-state index contributed by atoms with van der Waals surface area (Å²) in [4.78, 5) is 35.8. The predicted molar refractivity (Wildman–Crippen MR) is 163 cm³/mol. The summed E-state index contributed by atoms with van der Waals surface area (Å²) in [5, 5.41) is 4.41. The van der Waals surface area contributed by atoms with Crippen molar-refractivity contribution in [2.45, 2.75) is 25.9 Å². The Kier molecular flexibility index (Phi) is 9.21. The molecule has 0 aliphatic carbocycles. The van der Waals surface area contributed by atoms with E-state index in [-0.39, 0.29) is 17.9 Å². The number of aromatic nitrogens is 1. The first-order chi connectivity index (χ1) is 20.0. The predicted octanol–water partition coefficient (Wildman–Crippen LogP) is 4.07. The molecule has 0 spiro atoms. The minimum atomic E-state index is -0.248. The van der Waals surface area contributed by atoms with Gasteiger partial charge in [0, 0.05) is 69.0 Å². The molecular formula is C33H39N5O3. The monoisotopic (exact) mass is 553 g/mol. The molecule has 3 aromatic carbocycles. The number of nitrogens with one attached hydrogen (secondary N) is 2. The molecule has 4 aromatic rings. The Balaban J connectivity index is 1.26. The third-order valence-electron chi connectivity index (χ3n) is 7.76. The van der Waals surface area contributed by atoms with Crippen LogP contribution in [0, 0.1) is 0 Å². The number of amides is 2. The summed E-state index contributed by atoms with van der Waals surface area (Å²) in [5.74, 6) is 0.693. The molecule has 0 saturated carbocycles. The van der Waals surface area contributed by atoms with Crippen LogP contribution in [0.5, 0.6) is 5.75 Å². The van der Waals surface area contributed by atoms with Crippen molar-refractivity contribution in [3.63, 3.8) is 0 Å². The fourth-order valence-electron chi connectivity index (χ4n) is 5.57. The van der Waals surface area contributed by atoms with Crippen LogP contribution in [0.2, 0.25) is 0 Å². The fourth-order valence-corrected chi connectivity index (χ4v) is 5.57. The van der Waals surface area contributed by atoms with Crippen molar-refractivity contribution in [3.8, 4) is 5.75 Å². The van der Waals surface area contributed by atoms with Crippen molar-refractivity contribution >= 4 is 28.4 Å². The van der Waals surface area contributed by atoms with Crippen LogP contribution in [-0.2, 0) is 22.6 Å². The highest BCUT2D eigenvalue weighted by atomic mass is 16.5. The van der Waals surface area contributed by atoms with E-state index in [4.69, 9.17) is 4.74 Å². The summed E-state index contributed by atoms with van der Waals surface area (Å²) >= 11 is 0. The molecule has 1 aliphatic heterocycles. The van der Waals surface area contributed by atoms with E-state index in [0.29, 0.717) is 26.1 Å². The number of H-pyrrole nitrogens is 1. The van der Waals surface area contributed by atoms with Crippen molar-refractivity contribution in [3.05, 3.63) is 96.2 Å². The van der Waals surface area contributed by atoms with Gasteiger partial charge in [-0.2, -0.15) is 0 Å². The Morgan fingerprint density at radius 3 is 2.49 bits per heavy atom. The first kappa shape index (κ1) is 28.2. The van der Waals surface area contributed by atoms with Crippen LogP contribution in [0.4, 0.5) is 5.69 Å². The maximum Gasteiger partial charge on any atom is 0.234 e. The van der Waals surface area contributed by atoms with Gasteiger partial charge in [0.2, 0.25) is 11.8 Å². The smallest absolute Gasteiger partial charge is 0.234 e. The molecule has 41 heavy (non-hydrogen) atoms. The standard InChI is InChI=1S/C33H39N5O3/c1-25(39)38(22-26-9-8-12-30(19-26)41-2)23-28(20-27-21-34-32-14-7-6-13-31(27)32)35-33(40)24-36-15-17-37(18-16-36)29-10-4-3-5-11-29/h3-14,19,21,28,34H,15-18,20,22-24H2,1-2H3,(H,35,40). The molecule has 1 saturated heterocycles. The number of benzene rings is 3. The lowest BCUT2D eigenvalue weighted by Crippen LogP contribution is -2.52. The van der Waals surface area contributed by atoms with Crippen LogP contribution < -0.4 is 15.0 Å². The summed E-state index contributed by atoms with van der Waals surface area (Å²) in [7, 11) is 1.64. The molecule has 1 atom stereocenters. The lowest BCUT2D eigenvalue weighted by atomic mass is 10.0. The van der Waals surface area contributed by atoms with E-state index in [1.54, 1.807) is 18.9 Å². The number of methoxy groups -OCH3 is 1. The van der Waals surface area contributed by atoms with Crippen LogP contribution in [-0.4, -0.2) is 79.0 Å². The second-order valence-electron chi connectivity index (χ2n) is 10.7. The number of anilines is 1. The van der Waals surface area contributed by atoms with Gasteiger partial charge in [-0.3, -0.25) is 14.5 Å². The molecule has 214 valence electrons. The zero-order valence-corrected chi connectivity index (χ0v) is 23.9. The van der Waals surface area contributed by atoms with E-state index < -0.39 is 0 Å². The number of ether oxygens (including phenoxy) is 1. The van der Waals surface area contributed by atoms with Gasteiger partial charge in [0.05, 0.1) is 19.7 Å². The lowest BCUT2D eigenvalue weighted by molar-refractivity contribution is -0.131. The van der Waals surface area contributed by atoms with Gasteiger partial charge in [-0.1, -0.05) is 48.5 Å². The Morgan fingerprint density at radius 2 is 1.73 bits per heavy atom. The first-order valence-corrected chi connectivity index (χ1v) is 14.2. The van der Waals surface area contributed by atoms with Gasteiger partial charge in [-0.15, -0.1) is 0 Å². The van der Waals surface area contributed by atoms with Crippen LogP contribution in [0.1, 0.15) is 18.1 Å². The Morgan fingerprint density at radius 1 is 0.976 bits per heavy atom. The Bertz CT molecular complexity index is 1450. The number of aromatic amines is 1. The maximum atomic E-state index is 13.4. The molecule has 2 amide bonds. The normalized spacial score (nSPS) is 14.5.